The van der Waals surface area contributed by atoms with Crippen molar-refractivity contribution >= 4 is 58.1 Å². The number of benzene rings is 3. The van der Waals surface area contributed by atoms with Crippen molar-refractivity contribution in [3.8, 4) is 5.75 Å². The fourth-order valence-electron chi connectivity index (χ4n) is 8.55. The standard InChI is InChI=1S/C44H48N8O8/c1-26-4-3-19-51(26)24-37-47-34-13-10-30(22-35(34)48-37)46-41(56)29-8-6-28(7-9-29)40(55)45-18-2-5-27-16-20-50(21-17-27)39(54)25-60-31-11-12-32-33(23-31)44(59)52(43(32)58)36-14-15-38(53)49-42(36)57/h6-13,22-23,26-27,36H,2-5,14-21,24-25H2,1H3,(H,45,55)(H,46,56)(H,47,48)(H,49,53,57)/t26-,36?/m0/s1. The van der Waals surface area contributed by atoms with Crippen LogP contribution in [-0.4, -0.2) is 111 Å². The monoisotopic (exact) mass is 816 g/mol. The lowest BCUT2D eigenvalue weighted by atomic mass is 9.92. The Morgan fingerprint density at radius 3 is 2.33 bits per heavy atom. The number of hydrogen-bond donors (Lipinski definition) is 4. The molecule has 4 aromatic rings. The predicted molar refractivity (Wildman–Crippen MR) is 219 cm³/mol. The molecule has 4 aliphatic rings. The number of likely N-dealkylation sites (tertiary alicyclic amines) is 2. The van der Waals surface area contributed by atoms with Crippen molar-refractivity contribution in [2.45, 2.75) is 76.9 Å². The molecule has 1 unspecified atom stereocenters. The van der Waals surface area contributed by atoms with E-state index in [1.54, 1.807) is 29.2 Å². The van der Waals surface area contributed by atoms with Crippen molar-refractivity contribution in [2.75, 3.05) is 38.1 Å². The molecule has 4 N–H and O–H groups in total. The molecule has 4 aliphatic heterocycles. The summed E-state index contributed by atoms with van der Waals surface area (Å²) in [5, 5.41) is 8.08. The van der Waals surface area contributed by atoms with Gasteiger partial charge >= 0.3 is 0 Å². The van der Waals surface area contributed by atoms with Gasteiger partial charge in [-0.15, -0.1) is 0 Å². The van der Waals surface area contributed by atoms with Crippen LogP contribution in [-0.2, 0) is 20.9 Å². The maximum Gasteiger partial charge on any atom is 0.262 e. The fourth-order valence-corrected chi connectivity index (χ4v) is 8.55. The van der Waals surface area contributed by atoms with E-state index in [-0.39, 0.29) is 54.0 Å². The Balaban J connectivity index is 0.727. The number of nitrogens with zero attached hydrogens (tertiary/aromatic N) is 4. The summed E-state index contributed by atoms with van der Waals surface area (Å²) in [5.41, 5.74) is 3.48. The first kappa shape index (κ1) is 40.4. The van der Waals surface area contributed by atoms with Gasteiger partial charge in [-0.05, 0) is 125 Å². The number of ether oxygens (including phenoxy) is 1. The van der Waals surface area contributed by atoms with E-state index in [0.29, 0.717) is 48.4 Å². The number of carbonyl (C=O) groups is 7. The third-order valence-corrected chi connectivity index (χ3v) is 12.1. The highest BCUT2D eigenvalue weighted by molar-refractivity contribution is 6.23. The Bertz CT molecular complexity index is 2350. The van der Waals surface area contributed by atoms with Crippen molar-refractivity contribution in [2.24, 2.45) is 5.92 Å². The van der Waals surface area contributed by atoms with Gasteiger partial charge in [0.25, 0.3) is 29.5 Å². The number of aromatic amines is 1. The van der Waals surface area contributed by atoms with E-state index in [1.807, 2.05) is 18.2 Å². The van der Waals surface area contributed by atoms with Gasteiger partial charge in [0.15, 0.2) is 6.61 Å². The van der Waals surface area contributed by atoms with Gasteiger partial charge < -0.3 is 25.3 Å². The molecule has 7 amide bonds. The van der Waals surface area contributed by atoms with Gasteiger partial charge in [-0.1, -0.05) is 0 Å². The van der Waals surface area contributed by atoms with E-state index in [2.05, 4.69) is 32.8 Å². The number of imide groups is 2. The number of nitrogens with one attached hydrogen (secondary N) is 4. The predicted octanol–water partition coefficient (Wildman–Crippen LogP) is 4.03. The molecule has 16 nitrogen and oxygen atoms in total. The Hall–Kier alpha value is -6.42. The zero-order chi connectivity index (χ0) is 41.9. The first-order valence-electron chi connectivity index (χ1n) is 20.7. The zero-order valence-electron chi connectivity index (χ0n) is 33.5. The van der Waals surface area contributed by atoms with Gasteiger partial charge in [-0.25, -0.2) is 4.98 Å². The van der Waals surface area contributed by atoms with Crippen molar-refractivity contribution in [3.63, 3.8) is 0 Å². The Labute approximate surface area is 346 Å². The van der Waals surface area contributed by atoms with Crippen LogP contribution >= 0.6 is 0 Å². The number of carbonyl (C=O) groups excluding carboxylic acids is 7. The number of amides is 7. The zero-order valence-corrected chi connectivity index (χ0v) is 33.5. The van der Waals surface area contributed by atoms with Gasteiger partial charge in [0.1, 0.15) is 17.6 Å². The highest BCUT2D eigenvalue weighted by Crippen LogP contribution is 2.31. The maximum absolute atomic E-state index is 13.1. The van der Waals surface area contributed by atoms with E-state index in [4.69, 9.17) is 9.72 Å². The minimum Gasteiger partial charge on any atom is -0.484 e. The third kappa shape index (κ3) is 8.78. The molecular weight excluding hydrogens is 769 g/mol. The summed E-state index contributed by atoms with van der Waals surface area (Å²) < 4.78 is 5.72. The molecule has 0 spiro atoms. The Kier molecular flexibility index (Phi) is 11.7. The molecule has 2 atom stereocenters. The first-order chi connectivity index (χ1) is 29.0. The summed E-state index contributed by atoms with van der Waals surface area (Å²) in [6.45, 7) is 5.51. The smallest absolute Gasteiger partial charge is 0.262 e. The molecule has 3 aromatic carbocycles. The average molecular weight is 817 g/mol. The molecule has 0 saturated carbocycles. The summed E-state index contributed by atoms with van der Waals surface area (Å²) >= 11 is 0. The van der Waals surface area contributed by atoms with Crippen LogP contribution in [0.4, 0.5) is 5.69 Å². The fraction of sp³-hybridized carbons (Fsp3) is 0.409. The van der Waals surface area contributed by atoms with E-state index in [9.17, 15) is 33.6 Å². The van der Waals surface area contributed by atoms with Crippen LogP contribution < -0.4 is 20.7 Å². The average Bonchev–Trinajstić information content (AvgIpc) is 3.92. The highest BCUT2D eigenvalue weighted by atomic mass is 16.5. The maximum atomic E-state index is 13.1. The van der Waals surface area contributed by atoms with Crippen molar-refractivity contribution in [3.05, 3.63) is 88.7 Å². The summed E-state index contributed by atoms with van der Waals surface area (Å²) in [7, 11) is 0. The van der Waals surface area contributed by atoms with Gasteiger partial charge in [0.05, 0.1) is 28.7 Å². The summed E-state index contributed by atoms with van der Waals surface area (Å²) in [4.78, 5) is 102. The van der Waals surface area contributed by atoms with Gasteiger partial charge in [0, 0.05) is 48.9 Å². The second-order valence-electron chi connectivity index (χ2n) is 16.1. The second kappa shape index (κ2) is 17.4. The normalized spacial score (nSPS) is 19.8. The highest BCUT2D eigenvalue weighted by Gasteiger charge is 2.44. The molecule has 16 heteroatoms. The molecular formula is C44H48N8O8. The molecule has 0 bridgehead atoms. The number of piperidine rings is 2. The minimum atomic E-state index is -1.06. The number of anilines is 1. The largest absolute Gasteiger partial charge is 0.484 e. The number of aromatic nitrogens is 2. The topological polar surface area (TPSA) is 203 Å². The molecule has 312 valence electrons. The van der Waals surface area contributed by atoms with Crippen LogP contribution in [0.3, 0.4) is 0 Å². The molecule has 0 radical (unpaired) electrons. The molecule has 1 aromatic heterocycles. The first-order valence-corrected chi connectivity index (χ1v) is 20.7. The van der Waals surface area contributed by atoms with Crippen molar-refractivity contribution < 1.29 is 38.3 Å². The summed E-state index contributed by atoms with van der Waals surface area (Å²) in [5.74, 6) is -1.48. The van der Waals surface area contributed by atoms with Gasteiger partial charge in [-0.3, -0.25) is 48.7 Å². The molecule has 3 fully saturated rings. The van der Waals surface area contributed by atoms with Gasteiger partial charge in [-0.2, -0.15) is 0 Å². The Morgan fingerprint density at radius 1 is 0.850 bits per heavy atom. The van der Waals surface area contributed by atoms with E-state index in [0.717, 1.165) is 60.5 Å². The van der Waals surface area contributed by atoms with Crippen LogP contribution in [0.25, 0.3) is 11.0 Å². The number of imidazole rings is 1. The van der Waals surface area contributed by atoms with E-state index in [1.165, 1.54) is 31.0 Å². The van der Waals surface area contributed by atoms with E-state index < -0.39 is 29.7 Å². The number of fused-ring (bicyclic) bond motifs is 2. The SMILES string of the molecule is C[C@H]1CCCN1Cc1nc2cc(NC(=O)c3ccc(C(=O)NCCCC4CCN(C(=O)COc5ccc6c(c5)C(=O)N(C5CCC(=O)NC5=O)C6=O)CC4)cc3)ccc2[nH]1. The van der Waals surface area contributed by atoms with Gasteiger partial charge in [0.2, 0.25) is 11.8 Å². The molecule has 8 rings (SSSR count). The summed E-state index contributed by atoms with van der Waals surface area (Å²) in [6, 6.07) is 16.0. The second-order valence-corrected chi connectivity index (χ2v) is 16.1. The molecule has 5 heterocycles. The van der Waals surface area contributed by atoms with Crippen LogP contribution in [0, 0.1) is 5.92 Å². The lowest BCUT2D eigenvalue weighted by Crippen LogP contribution is -2.54. The number of H-pyrrole nitrogens is 1. The minimum absolute atomic E-state index is 0.0307. The molecule has 3 saturated heterocycles. The van der Waals surface area contributed by atoms with Crippen molar-refractivity contribution in [1.82, 2.24) is 35.3 Å². The van der Waals surface area contributed by atoms with E-state index >= 15 is 0 Å². The lowest BCUT2D eigenvalue weighted by molar-refractivity contribution is -0.136. The van der Waals surface area contributed by atoms with Crippen molar-refractivity contribution in [1.29, 1.82) is 0 Å². The number of rotatable bonds is 13. The quantitative estimate of drug-likeness (QED) is 0.113. The van der Waals surface area contributed by atoms with Crippen LogP contribution in [0.5, 0.6) is 5.75 Å². The lowest BCUT2D eigenvalue weighted by Gasteiger charge is -2.32. The van der Waals surface area contributed by atoms with Crippen LogP contribution in [0.1, 0.15) is 106 Å². The molecule has 60 heavy (non-hydrogen) atoms. The van der Waals surface area contributed by atoms with Crippen LogP contribution in [0.15, 0.2) is 60.7 Å². The summed E-state index contributed by atoms with van der Waals surface area (Å²) in [6.07, 6.45) is 5.83. The molecule has 0 aliphatic carbocycles. The van der Waals surface area contributed by atoms with Crippen LogP contribution in [0.2, 0.25) is 0 Å². The number of hydrogen-bond acceptors (Lipinski definition) is 10. The third-order valence-electron chi connectivity index (χ3n) is 12.1. The Morgan fingerprint density at radius 2 is 1.60 bits per heavy atom.